The molecule has 9 heteroatoms. The number of nitrogens with one attached hydrogen (secondary N) is 2. The van der Waals surface area contributed by atoms with Crippen molar-refractivity contribution in [2.45, 2.75) is 49.6 Å². The van der Waals surface area contributed by atoms with Crippen LogP contribution < -0.4 is 10.6 Å². The molecule has 0 aromatic carbocycles. The zero-order valence-electron chi connectivity index (χ0n) is 14.3. The van der Waals surface area contributed by atoms with Gasteiger partial charge in [-0.15, -0.1) is 0 Å². The predicted octanol–water partition coefficient (Wildman–Crippen LogP) is 0.406. The molecule has 25 heavy (non-hydrogen) atoms. The zero-order valence-corrected chi connectivity index (χ0v) is 15.1. The molecule has 2 saturated heterocycles. The molecule has 1 unspecified atom stereocenters. The molecule has 0 radical (unpaired) electrons. The molecular formula is C16H23N3O5S. The number of hydrogen-bond acceptors (Lipinski definition) is 6. The van der Waals surface area contributed by atoms with Crippen LogP contribution in [0.2, 0.25) is 0 Å². The normalized spacial score (nSPS) is 27.6. The van der Waals surface area contributed by atoms with Crippen LogP contribution in [-0.2, 0) is 19.1 Å². The third kappa shape index (κ3) is 3.21. The van der Waals surface area contributed by atoms with Crippen molar-refractivity contribution in [3.63, 3.8) is 0 Å². The fraction of sp³-hybridized carbons (Fsp3) is 0.750. The van der Waals surface area contributed by atoms with E-state index < -0.39 is 23.1 Å². The third-order valence-electron chi connectivity index (χ3n) is 5.24. The summed E-state index contributed by atoms with van der Waals surface area (Å²) in [6.07, 6.45) is 3.63. The second-order valence-electron chi connectivity index (χ2n) is 6.85. The molecule has 2 N–H and O–H groups in total. The first-order valence-corrected chi connectivity index (χ1v) is 9.69. The van der Waals surface area contributed by atoms with E-state index in [9.17, 15) is 19.2 Å². The minimum atomic E-state index is -1.000. The second kappa shape index (κ2) is 6.86. The summed E-state index contributed by atoms with van der Waals surface area (Å²) in [5, 5.41) is 5.54. The lowest BCUT2D eigenvalue weighted by Gasteiger charge is -2.26. The Kier molecular flexibility index (Phi) is 4.95. The Morgan fingerprint density at radius 2 is 2.00 bits per heavy atom. The fourth-order valence-corrected chi connectivity index (χ4v) is 5.13. The van der Waals surface area contributed by atoms with Crippen LogP contribution in [0.1, 0.15) is 38.5 Å². The Labute approximate surface area is 150 Å². The Morgan fingerprint density at radius 1 is 1.28 bits per heavy atom. The molecular weight excluding hydrogens is 346 g/mol. The van der Waals surface area contributed by atoms with Gasteiger partial charge < -0.3 is 15.4 Å². The number of urea groups is 1. The molecule has 1 atom stereocenters. The maximum Gasteiger partial charge on any atom is 0.332 e. The second-order valence-corrected chi connectivity index (χ2v) is 7.96. The summed E-state index contributed by atoms with van der Waals surface area (Å²) in [6, 6.07) is -0.432. The number of methoxy groups -OCH3 is 1. The molecule has 3 fully saturated rings. The molecule has 0 aromatic rings. The van der Waals surface area contributed by atoms with Crippen molar-refractivity contribution in [1.29, 1.82) is 0 Å². The maximum absolute atomic E-state index is 12.5. The Balaban J connectivity index is 1.58. The van der Waals surface area contributed by atoms with Crippen LogP contribution in [0.4, 0.5) is 4.79 Å². The van der Waals surface area contributed by atoms with Crippen molar-refractivity contribution in [3.8, 4) is 0 Å². The number of esters is 1. The molecule has 8 nitrogen and oxygen atoms in total. The molecule has 3 aliphatic rings. The number of amides is 4. The highest BCUT2D eigenvalue weighted by atomic mass is 32.2. The number of ether oxygens (including phenoxy) is 1. The van der Waals surface area contributed by atoms with E-state index in [-0.39, 0.29) is 24.8 Å². The van der Waals surface area contributed by atoms with Crippen molar-refractivity contribution >= 4 is 35.6 Å². The van der Waals surface area contributed by atoms with Crippen molar-refractivity contribution < 1.29 is 23.9 Å². The molecule has 2 heterocycles. The monoisotopic (exact) mass is 369 g/mol. The number of hydrogen-bond donors (Lipinski definition) is 2. The fourth-order valence-electron chi connectivity index (χ4n) is 3.81. The number of nitrogens with zero attached hydrogens (tertiary/aromatic N) is 1. The average molecular weight is 369 g/mol. The van der Waals surface area contributed by atoms with Crippen LogP contribution in [0.25, 0.3) is 0 Å². The molecule has 0 aromatic heterocycles. The first-order chi connectivity index (χ1) is 11.9. The van der Waals surface area contributed by atoms with Gasteiger partial charge in [0, 0.05) is 18.7 Å². The van der Waals surface area contributed by atoms with Crippen molar-refractivity contribution in [2.75, 3.05) is 25.2 Å². The minimum absolute atomic E-state index is 0.0165. The van der Waals surface area contributed by atoms with E-state index in [0.717, 1.165) is 23.5 Å². The number of rotatable bonds is 5. The van der Waals surface area contributed by atoms with E-state index >= 15 is 0 Å². The lowest BCUT2D eigenvalue weighted by Crippen LogP contribution is -2.55. The highest BCUT2D eigenvalue weighted by Gasteiger charge is 2.52. The van der Waals surface area contributed by atoms with Gasteiger partial charge in [0.1, 0.15) is 11.1 Å². The topological polar surface area (TPSA) is 105 Å². The van der Waals surface area contributed by atoms with E-state index in [0.29, 0.717) is 25.0 Å². The van der Waals surface area contributed by atoms with E-state index in [1.807, 2.05) is 0 Å². The van der Waals surface area contributed by atoms with Crippen LogP contribution in [0, 0.1) is 0 Å². The quantitative estimate of drug-likeness (QED) is 0.537. The SMILES string of the molecule is COC(=O)C1(NC(=O)CCN2C(=O)NC3(CCCC3)C2=O)CCSC1. The Bertz CT molecular complexity index is 597. The van der Waals surface area contributed by atoms with Crippen LogP contribution in [0.5, 0.6) is 0 Å². The maximum atomic E-state index is 12.5. The molecule has 4 amide bonds. The lowest BCUT2D eigenvalue weighted by atomic mass is 9.98. The summed E-state index contributed by atoms with van der Waals surface area (Å²) in [6.45, 7) is 0.0165. The predicted molar refractivity (Wildman–Crippen MR) is 90.9 cm³/mol. The van der Waals surface area contributed by atoms with Crippen molar-refractivity contribution in [2.24, 2.45) is 0 Å². The van der Waals surface area contributed by atoms with E-state index in [2.05, 4.69) is 10.6 Å². The van der Waals surface area contributed by atoms with E-state index in [1.54, 1.807) is 11.8 Å². The van der Waals surface area contributed by atoms with Gasteiger partial charge in [0.05, 0.1) is 7.11 Å². The summed E-state index contributed by atoms with van der Waals surface area (Å²) in [4.78, 5) is 50.1. The molecule has 2 aliphatic heterocycles. The van der Waals surface area contributed by atoms with Crippen LogP contribution >= 0.6 is 11.8 Å². The molecule has 3 rings (SSSR count). The van der Waals surface area contributed by atoms with Gasteiger partial charge in [-0.05, 0) is 25.0 Å². The zero-order chi connectivity index (χ0) is 18.1. The van der Waals surface area contributed by atoms with E-state index in [4.69, 9.17) is 4.74 Å². The highest BCUT2D eigenvalue weighted by molar-refractivity contribution is 7.99. The number of imide groups is 1. The van der Waals surface area contributed by atoms with Crippen molar-refractivity contribution in [1.82, 2.24) is 15.5 Å². The largest absolute Gasteiger partial charge is 0.467 e. The first-order valence-electron chi connectivity index (χ1n) is 8.54. The minimum Gasteiger partial charge on any atom is -0.467 e. The van der Waals surface area contributed by atoms with Gasteiger partial charge in [-0.3, -0.25) is 14.5 Å². The van der Waals surface area contributed by atoms with E-state index in [1.165, 1.54) is 7.11 Å². The number of carbonyl (C=O) groups is 4. The lowest BCUT2D eigenvalue weighted by molar-refractivity contribution is -0.150. The van der Waals surface area contributed by atoms with Gasteiger partial charge in [-0.1, -0.05) is 12.8 Å². The number of thioether (sulfide) groups is 1. The summed E-state index contributed by atoms with van der Waals surface area (Å²) < 4.78 is 4.82. The smallest absolute Gasteiger partial charge is 0.332 e. The summed E-state index contributed by atoms with van der Waals surface area (Å²) in [5.41, 5.74) is -1.76. The first kappa shape index (κ1) is 18.0. The average Bonchev–Trinajstić information content (AvgIpc) is 3.29. The molecule has 1 spiro atoms. The summed E-state index contributed by atoms with van der Waals surface area (Å²) >= 11 is 1.58. The van der Waals surface area contributed by atoms with Crippen molar-refractivity contribution in [3.05, 3.63) is 0 Å². The van der Waals surface area contributed by atoms with Gasteiger partial charge in [0.25, 0.3) is 5.91 Å². The Hall–Kier alpha value is -1.77. The van der Waals surface area contributed by atoms with Gasteiger partial charge in [-0.25, -0.2) is 9.59 Å². The van der Waals surface area contributed by atoms with Gasteiger partial charge in [0.15, 0.2) is 0 Å². The Morgan fingerprint density at radius 3 is 2.60 bits per heavy atom. The molecule has 1 saturated carbocycles. The number of carbonyl (C=O) groups excluding carboxylic acids is 4. The highest BCUT2D eigenvalue weighted by Crippen LogP contribution is 2.35. The van der Waals surface area contributed by atoms with Crippen LogP contribution in [0.15, 0.2) is 0 Å². The van der Waals surface area contributed by atoms with Gasteiger partial charge >= 0.3 is 12.0 Å². The summed E-state index contributed by atoms with van der Waals surface area (Å²) in [5.74, 6) is 0.191. The van der Waals surface area contributed by atoms with Crippen LogP contribution in [0.3, 0.4) is 0 Å². The third-order valence-corrected chi connectivity index (χ3v) is 6.43. The molecule has 138 valence electrons. The molecule has 0 bridgehead atoms. The van der Waals surface area contributed by atoms with Gasteiger partial charge in [0.2, 0.25) is 5.91 Å². The van der Waals surface area contributed by atoms with Crippen LogP contribution in [-0.4, -0.2) is 65.0 Å². The standard InChI is InChI=1S/C16H23N3O5S/c1-24-13(22)16(7-9-25-10-16)17-11(20)4-8-19-12(21)15(18-14(19)23)5-2-3-6-15/h2-10H2,1H3,(H,17,20)(H,18,23). The summed E-state index contributed by atoms with van der Waals surface area (Å²) in [7, 11) is 1.30. The van der Waals surface area contributed by atoms with Gasteiger partial charge in [-0.2, -0.15) is 11.8 Å². The molecule has 1 aliphatic carbocycles.